The summed E-state index contributed by atoms with van der Waals surface area (Å²) < 4.78 is 0. The Hall–Kier alpha value is -1.06. The van der Waals surface area contributed by atoms with Gasteiger partial charge in [-0.25, -0.2) is 4.90 Å². The summed E-state index contributed by atoms with van der Waals surface area (Å²) in [6.45, 7) is 0. The van der Waals surface area contributed by atoms with Crippen LogP contribution in [0.2, 0.25) is 10.0 Å². The van der Waals surface area contributed by atoms with E-state index in [0.29, 0.717) is 27.6 Å². The Morgan fingerprint density at radius 2 is 1.60 bits per heavy atom. The van der Waals surface area contributed by atoms with Gasteiger partial charge in [0.15, 0.2) is 0 Å². The molecular formula is C15H13Cl2NO2. The average Bonchev–Trinajstić information content (AvgIpc) is 3.06. The van der Waals surface area contributed by atoms with Crippen molar-refractivity contribution in [1.82, 2.24) is 0 Å². The number of benzene rings is 1. The first-order chi connectivity index (χ1) is 9.58. The summed E-state index contributed by atoms with van der Waals surface area (Å²) in [6.07, 6.45) is 3.19. The van der Waals surface area contributed by atoms with E-state index >= 15 is 0 Å². The summed E-state index contributed by atoms with van der Waals surface area (Å²) >= 11 is 12.0. The molecule has 3 nitrogen and oxygen atoms in total. The summed E-state index contributed by atoms with van der Waals surface area (Å²) in [5.74, 6) is 0.392. The van der Waals surface area contributed by atoms with E-state index < -0.39 is 0 Å². The number of fused-ring (bicyclic) bond motifs is 5. The second-order valence-electron chi connectivity index (χ2n) is 5.99. The SMILES string of the molecule is O=C1C2C3CCC(C3)C2C(=O)N1c1ccc(Cl)cc1Cl. The van der Waals surface area contributed by atoms with Crippen LogP contribution in [0.4, 0.5) is 5.69 Å². The Morgan fingerprint density at radius 1 is 1.00 bits per heavy atom. The number of carbonyl (C=O) groups excluding carboxylic acids is 2. The van der Waals surface area contributed by atoms with Gasteiger partial charge in [0.05, 0.1) is 22.5 Å². The minimum atomic E-state index is -0.118. The molecule has 4 rings (SSSR count). The normalized spacial score (nSPS) is 35.0. The Balaban J connectivity index is 1.77. The minimum absolute atomic E-state index is 0.0728. The van der Waals surface area contributed by atoms with E-state index in [4.69, 9.17) is 23.2 Å². The first-order valence-corrected chi connectivity index (χ1v) is 7.66. The maximum absolute atomic E-state index is 12.6. The van der Waals surface area contributed by atoms with Gasteiger partial charge in [0.2, 0.25) is 11.8 Å². The molecule has 1 aliphatic heterocycles. The average molecular weight is 310 g/mol. The molecule has 2 bridgehead atoms. The van der Waals surface area contributed by atoms with Crippen molar-refractivity contribution < 1.29 is 9.59 Å². The highest BCUT2D eigenvalue weighted by Gasteiger charge is 2.61. The van der Waals surface area contributed by atoms with Crippen molar-refractivity contribution in [3.8, 4) is 0 Å². The smallest absolute Gasteiger partial charge is 0.238 e. The van der Waals surface area contributed by atoms with E-state index in [1.54, 1.807) is 18.2 Å². The zero-order valence-electron chi connectivity index (χ0n) is 10.7. The fourth-order valence-corrected chi connectivity index (χ4v) is 4.80. The van der Waals surface area contributed by atoms with Crippen molar-refractivity contribution in [3.63, 3.8) is 0 Å². The van der Waals surface area contributed by atoms with E-state index in [1.807, 2.05) is 0 Å². The lowest BCUT2D eigenvalue weighted by Crippen LogP contribution is -2.32. The summed E-state index contributed by atoms with van der Waals surface area (Å²) in [5.41, 5.74) is 0.472. The molecule has 4 atom stereocenters. The van der Waals surface area contributed by atoms with Crippen LogP contribution in [0.1, 0.15) is 19.3 Å². The first kappa shape index (κ1) is 12.7. The Kier molecular flexibility index (Phi) is 2.67. The van der Waals surface area contributed by atoms with Crippen molar-refractivity contribution in [1.29, 1.82) is 0 Å². The van der Waals surface area contributed by atoms with Gasteiger partial charge in [-0.15, -0.1) is 0 Å². The molecule has 104 valence electrons. The molecular weight excluding hydrogens is 297 g/mol. The molecule has 0 radical (unpaired) electrons. The molecule has 3 fully saturated rings. The molecule has 2 amide bonds. The monoisotopic (exact) mass is 309 g/mol. The second kappa shape index (κ2) is 4.22. The van der Waals surface area contributed by atoms with E-state index in [2.05, 4.69) is 0 Å². The zero-order chi connectivity index (χ0) is 14.0. The van der Waals surface area contributed by atoms with Crippen molar-refractivity contribution in [2.75, 3.05) is 4.90 Å². The predicted molar refractivity (Wildman–Crippen MR) is 76.8 cm³/mol. The molecule has 20 heavy (non-hydrogen) atoms. The van der Waals surface area contributed by atoms with Crippen LogP contribution in [-0.4, -0.2) is 11.8 Å². The maximum atomic E-state index is 12.6. The van der Waals surface area contributed by atoms with Crippen LogP contribution in [0.15, 0.2) is 18.2 Å². The summed E-state index contributed by atoms with van der Waals surface area (Å²) in [6, 6.07) is 4.89. The lowest BCUT2D eigenvalue weighted by Gasteiger charge is -2.19. The standard InChI is InChI=1S/C15H13Cl2NO2/c16-9-3-4-11(10(17)6-9)18-14(19)12-7-1-2-8(5-7)13(12)15(18)20/h3-4,6-8,12-13H,1-2,5H2. The lowest BCUT2D eigenvalue weighted by atomic mass is 9.81. The first-order valence-electron chi connectivity index (χ1n) is 6.91. The van der Waals surface area contributed by atoms with Crippen LogP contribution in [0, 0.1) is 23.7 Å². The highest BCUT2D eigenvalue weighted by molar-refractivity contribution is 6.38. The number of amides is 2. The van der Waals surface area contributed by atoms with Crippen molar-refractivity contribution in [2.45, 2.75) is 19.3 Å². The molecule has 0 aromatic heterocycles. The lowest BCUT2D eigenvalue weighted by molar-refractivity contribution is -0.123. The van der Waals surface area contributed by atoms with Gasteiger partial charge in [0.25, 0.3) is 0 Å². The van der Waals surface area contributed by atoms with Crippen LogP contribution in [0.5, 0.6) is 0 Å². The third-order valence-electron chi connectivity index (χ3n) is 5.08. The van der Waals surface area contributed by atoms with Gasteiger partial charge in [-0.1, -0.05) is 23.2 Å². The molecule has 5 heteroatoms. The number of rotatable bonds is 1. The molecule has 1 aromatic carbocycles. The number of hydrogen-bond donors (Lipinski definition) is 0. The predicted octanol–water partition coefficient (Wildman–Crippen LogP) is 3.53. The summed E-state index contributed by atoms with van der Waals surface area (Å²) in [5, 5.41) is 0.852. The van der Waals surface area contributed by atoms with Gasteiger partial charge in [-0.05, 0) is 49.3 Å². The number of carbonyl (C=O) groups is 2. The molecule has 2 aliphatic carbocycles. The fraction of sp³-hybridized carbons (Fsp3) is 0.467. The zero-order valence-corrected chi connectivity index (χ0v) is 12.2. The minimum Gasteiger partial charge on any atom is -0.274 e. The maximum Gasteiger partial charge on any atom is 0.238 e. The van der Waals surface area contributed by atoms with Crippen molar-refractivity contribution in [2.24, 2.45) is 23.7 Å². The Labute approximate surface area is 126 Å². The van der Waals surface area contributed by atoms with Gasteiger partial charge in [0, 0.05) is 5.02 Å². The fourth-order valence-electron chi connectivity index (χ4n) is 4.31. The molecule has 1 saturated heterocycles. The molecule has 2 saturated carbocycles. The Morgan fingerprint density at radius 3 is 2.15 bits per heavy atom. The van der Waals surface area contributed by atoms with E-state index in [-0.39, 0.29) is 23.7 Å². The Bertz CT molecular complexity index is 602. The third-order valence-corrected chi connectivity index (χ3v) is 5.62. The van der Waals surface area contributed by atoms with Crippen LogP contribution in [-0.2, 0) is 9.59 Å². The molecule has 3 aliphatic rings. The second-order valence-corrected chi connectivity index (χ2v) is 6.84. The van der Waals surface area contributed by atoms with Gasteiger partial charge < -0.3 is 0 Å². The van der Waals surface area contributed by atoms with E-state index in [0.717, 1.165) is 19.3 Å². The topological polar surface area (TPSA) is 37.4 Å². The number of halogens is 2. The van der Waals surface area contributed by atoms with Crippen molar-refractivity contribution >= 4 is 40.7 Å². The van der Waals surface area contributed by atoms with E-state index in [1.165, 1.54) is 4.90 Å². The molecule has 1 heterocycles. The van der Waals surface area contributed by atoms with E-state index in [9.17, 15) is 9.59 Å². The van der Waals surface area contributed by atoms with Crippen LogP contribution in [0.25, 0.3) is 0 Å². The molecule has 0 spiro atoms. The molecule has 1 aromatic rings. The van der Waals surface area contributed by atoms with Gasteiger partial charge >= 0.3 is 0 Å². The number of nitrogens with zero attached hydrogens (tertiary/aromatic N) is 1. The van der Waals surface area contributed by atoms with Gasteiger partial charge in [0.1, 0.15) is 0 Å². The van der Waals surface area contributed by atoms with Crippen LogP contribution in [0.3, 0.4) is 0 Å². The van der Waals surface area contributed by atoms with Crippen molar-refractivity contribution in [3.05, 3.63) is 28.2 Å². The largest absolute Gasteiger partial charge is 0.274 e. The van der Waals surface area contributed by atoms with Gasteiger partial charge in [-0.3, -0.25) is 9.59 Å². The van der Waals surface area contributed by atoms with Gasteiger partial charge in [-0.2, -0.15) is 0 Å². The summed E-state index contributed by atoms with van der Waals surface area (Å²) in [4.78, 5) is 26.6. The number of anilines is 1. The van der Waals surface area contributed by atoms with Crippen LogP contribution < -0.4 is 4.90 Å². The number of imide groups is 1. The highest BCUT2D eigenvalue weighted by atomic mass is 35.5. The van der Waals surface area contributed by atoms with Crippen LogP contribution >= 0.6 is 23.2 Å². The summed E-state index contributed by atoms with van der Waals surface area (Å²) in [7, 11) is 0. The third kappa shape index (κ3) is 1.54. The molecule has 0 N–H and O–H groups in total. The quantitative estimate of drug-likeness (QED) is 0.744. The molecule has 4 unspecified atom stereocenters. The highest BCUT2D eigenvalue weighted by Crippen LogP contribution is 2.57. The number of hydrogen-bond acceptors (Lipinski definition) is 2.